The summed E-state index contributed by atoms with van der Waals surface area (Å²) in [6.45, 7) is 8.71. The van der Waals surface area contributed by atoms with Crippen molar-refractivity contribution in [2.75, 3.05) is 39.8 Å². The van der Waals surface area contributed by atoms with Gasteiger partial charge in [-0.05, 0) is 105 Å². The maximum absolute atomic E-state index is 14.9. The van der Waals surface area contributed by atoms with Crippen LogP contribution in [0.4, 0.5) is 17.6 Å². The molecule has 7 nitrogen and oxygen atoms in total. The molecule has 2 saturated heterocycles. The van der Waals surface area contributed by atoms with Crippen molar-refractivity contribution in [3.63, 3.8) is 0 Å². The largest absolute Gasteiger partial charge is 0.490 e. The van der Waals surface area contributed by atoms with Gasteiger partial charge in [-0.1, -0.05) is 36.4 Å². The lowest BCUT2D eigenvalue weighted by Crippen LogP contribution is -2.48. The van der Waals surface area contributed by atoms with Crippen LogP contribution in [0.3, 0.4) is 0 Å². The Labute approximate surface area is 267 Å². The third-order valence-electron chi connectivity index (χ3n) is 8.38. The number of alkyl halides is 3. The molecular formula is C35H42F4N4O3. The fraction of sp³-hybridized carbons (Fsp3) is 0.429. The minimum atomic E-state index is -5.08. The van der Waals surface area contributed by atoms with Crippen molar-refractivity contribution in [3.05, 3.63) is 94.8 Å². The summed E-state index contributed by atoms with van der Waals surface area (Å²) in [4.78, 5) is 26.7. The first kappa shape index (κ1) is 35.1. The molecule has 0 radical (unpaired) electrons. The second kappa shape index (κ2) is 16.2. The second-order valence-electron chi connectivity index (χ2n) is 12.2. The van der Waals surface area contributed by atoms with Crippen molar-refractivity contribution >= 4 is 11.9 Å². The van der Waals surface area contributed by atoms with Crippen molar-refractivity contribution in [2.24, 2.45) is 5.92 Å². The van der Waals surface area contributed by atoms with E-state index in [9.17, 15) is 22.4 Å². The van der Waals surface area contributed by atoms with Crippen LogP contribution in [0.25, 0.3) is 11.1 Å². The highest BCUT2D eigenvalue weighted by Gasteiger charge is 2.38. The maximum Gasteiger partial charge on any atom is 0.490 e. The molecule has 1 amide bonds. The van der Waals surface area contributed by atoms with Gasteiger partial charge >= 0.3 is 12.1 Å². The van der Waals surface area contributed by atoms with Gasteiger partial charge in [0.2, 0.25) is 0 Å². The number of nitrogens with one attached hydrogen (secondary N) is 2. The minimum absolute atomic E-state index is 0.0988. The minimum Gasteiger partial charge on any atom is -0.475 e. The zero-order chi connectivity index (χ0) is 33.3. The number of nitrogens with zero attached hydrogens (tertiary/aromatic N) is 2. The first-order valence-electron chi connectivity index (χ1n) is 15.6. The van der Waals surface area contributed by atoms with Crippen LogP contribution in [0.2, 0.25) is 0 Å². The van der Waals surface area contributed by atoms with Gasteiger partial charge in [0.1, 0.15) is 5.82 Å². The molecule has 3 aromatic carbocycles. The third-order valence-corrected chi connectivity index (χ3v) is 8.38. The van der Waals surface area contributed by atoms with Gasteiger partial charge in [-0.2, -0.15) is 13.2 Å². The van der Waals surface area contributed by atoms with Crippen molar-refractivity contribution < 1.29 is 32.3 Å². The van der Waals surface area contributed by atoms with E-state index in [-0.39, 0.29) is 11.7 Å². The number of amides is 1. The number of rotatable bonds is 8. The van der Waals surface area contributed by atoms with E-state index in [1.165, 1.54) is 30.0 Å². The summed E-state index contributed by atoms with van der Waals surface area (Å²) in [6, 6.07) is 21.7. The molecule has 3 N–H and O–H groups in total. The van der Waals surface area contributed by atoms with Crippen LogP contribution in [0.15, 0.2) is 66.7 Å². The van der Waals surface area contributed by atoms with Gasteiger partial charge in [-0.25, -0.2) is 9.18 Å². The van der Waals surface area contributed by atoms with Gasteiger partial charge in [0, 0.05) is 49.9 Å². The van der Waals surface area contributed by atoms with Crippen LogP contribution >= 0.6 is 0 Å². The van der Waals surface area contributed by atoms with E-state index in [0.717, 1.165) is 56.8 Å². The Balaban J connectivity index is 0.000000617. The van der Waals surface area contributed by atoms with Crippen molar-refractivity contribution in [1.82, 2.24) is 20.4 Å². The number of carboxylic acid groups (broad SMARTS) is 1. The molecule has 46 heavy (non-hydrogen) atoms. The highest BCUT2D eigenvalue weighted by Crippen LogP contribution is 2.26. The molecule has 1 atom stereocenters. The summed E-state index contributed by atoms with van der Waals surface area (Å²) in [5, 5.41) is 13.6. The highest BCUT2D eigenvalue weighted by atomic mass is 19.4. The number of aliphatic carboxylic acids is 1. The molecule has 0 unspecified atom stereocenters. The molecule has 3 aromatic rings. The Morgan fingerprint density at radius 2 is 1.65 bits per heavy atom. The molecule has 2 fully saturated rings. The van der Waals surface area contributed by atoms with Crippen molar-refractivity contribution in [3.8, 4) is 11.1 Å². The highest BCUT2D eigenvalue weighted by molar-refractivity contribution is 5.94. The van der Waals surface area contributed by atoms with E-state index in [2.05, 4.69) is 52.6 Å². The molecule has 248 valence electrons. The number of halogens is 4. The van der Waals surface area contributed by atoms with Crippen LogP contribution in [0.1, 0.15) is 46.8 Å². The predicted octanol–water partition coefficient (Wildman–Crippen LogP) is 5.73. The van der Waals surface area contributed by atoms with E-state index in [0.29, 0.717) is 29.6 Å². The smallest absolute Gasteiger partial charge is 0.475 e. The quantitative estimate of drug-likeness (QED) is 0.272. The summed E-state index contributed by atoms with van der Waals surface area (Å²) in [5.74, 6) is -2.43. The number of likely N-dealkylation sites (tertiary alicyclic amines) is 1. The molecule has 2 heterocycles. The summed E-state index contributed by atoms with van der Waals surface area (Å²) in [7, 11) is 2.18. The SMILES string of the molecule is C[C@H]1CN(Cc2cccc(-c3cc(CNC(=O)c4cccc(CC5CCN(C)CC5)c4)ccc3F)c2)CCN1.O=C(O)C(F)(F)F. The fourth-order valence-corrected chi connectivity index (χ4v) is 5.88. The molecule has 5 rings (SSSR count). The lowest BCUT2D eigenvalue weighted by atomic mass is 9.90. The lowest BCUT2D eigenvalue weighted by Gasteiger charge is -2.31. The van der Waals surface area contributed by atoms with E-state index >= 15 is 0 Å². The van der Waals surface area contributed by atoms with Gasteiger partial charge < -0.3 is 20.6 Å². The molecule has 2 aliphatic heterocycles. The van der Waals surface area contributed by atoms with Crippen LogP contribution in [-0.2, 0) is 24.3 Å². The second-order valence-corrected chi connectivity index (χ2v) is 12.2. The topological polar surface area (TPSA) is 84.9 Å². The number of carboxylic acids is 1. The molecule has 0 spiro atoms. The maximum atomic E-state index is 14.9. The van der Waals surface area contributed by atoms with Gasteiger partial charge in [0.15, 0.2) is 0 Å². The standard InChI is InChI=1S/C33H41FN4O.C2HF3O2/c1-24-22-38(16-13-35-24)23-28-6-4-7-29(19-28)31-20-27(9-10-32(31)34)21-36-33(39)30-8-3-5-26(18-30)17-25-11-14-37(2)15-12-25;3-2(4,5)1(6)7/h3-10,18-20,24-25,35H,11-17,21-23H2,1-2H3,(H,36,39);(H,6,7)/t24-;/m0./s1. The van der Waals surface area contributed by atoms with Gasteiger partial charge in [-0.15, -0.1) is 0 Å². The lowest BCUT2D eigenvalue weighted by molar-refractivity contribution is -0.192. The Morgan fingerprint density at radius 1 is 0.957 bits per heavy atom. The number of benzene rings is 3. The molecule has 0 bridgehead atoms. The summed E-state index contributed by atoms with van der Waals surface area (Å²) in [5.41, 5.74) is 5.39. The normalized spacial score (nSPS) is 18.0. The number of hydrogen-bond donors (Lipinski definition) is 3. The number of piperidine rings is 1. The number of hydrogen-bond acceptors (Lipinski definition) is 5. The summed E-state index contributed by atoms with van der Waals surface area (Å²) >= 11 is 0. The van der Waals surface area contributed by atoms with Gasteiger partial charge in [0.25, 0.3) is 5.91 Å². The van der Waals surface area contributed by atoms with Crippen LogP contribution in [-0.4, -0.2) is 78.8 Å². The van der Waals surface area contributed by atoms with Crippen LogP contribution < -0.4 is 10.6 Å². The first-order chi connectivity index (χ1) is 21.9. The van der Waals surface area contributed by atoms with Gasteiger partial charge in [0.05, 0.1) is 0 Å². The summed E-state index contributed by atoms with van der Waals surface area (Å²) < 4.78 is 46.6. The van der Waals surface area contributed by atoms with E-state index in [1.807, 2.05) is 36.4 Å². The zero-order valence-electron chi connectivity index (χ0n) is 26.2. The van der Waals surface area contributed by atoms with Crippen molar-refractivity contribution in [2.45, 2.75) is 51.5 Å². The molecular weight excluding hydrogens is 600 g/mol. The molecule has 0 aliphatic carbocycles. The number of piperazine rings is 1. The Morgan fingerprint density at radius 3 is 2.35 bits per heavy atom. The zero-order valence-corrected chi connectivity index (χ0v) is 26.2. The first-order valence-corrected chi connectivity index (χ1v) is 15.6. The van der Waals surface area contributed by atoms with Gasteiger partial charge in [-0.3, -0.25) is 9.69 Å². The predicted molar refractivity (Wildman–Crippen MR) is 170 cm³/mol. The summed E-state index contributed by atoms with van der Waals surface area (Å²) in [6.07, 6.45) is -1.65. The average Bonchev–Trinajstić information content (AvgIpc) is 3.02. The molecule has 2 aliphatic rings. The van der Waals surface area contributed by atoms with E-state index < -0.39 is 12.1 Å². The van der Waals surface area contributed by atoms with E-state index in [4.69, 9.17) is 9.90 Å². The number of carbonyl (C=O) groups excluding carboxylic acids is 1. The number of carbonyl (C=O) groups is 2. The fourth-order valence-electron chi connectivity index (χ4n) is 5.88. The Kier molecular flexibility index (Phi) is 12.3. The molecule has 0 aromatic heterocycles. The van der Waals surface area contributed by atoms with Crippen LogP contribution in [0.5, 0.6) is 0 Å². The average molecular weight is 643 g/mol. The molecule has 0 saturated carbocycles. The van der Waals surface area contributed by atoms with Crippen molar-refractivity contribution in [1.29, 1.82) is 0 Å². The molecule has 11 heteroatoms. The Hall–Kier alpha value is -3.80. The van der Waals surface area contributed by atoms with Crippen LogP contribution in [0, 0.1) is 11.7 Å². The Bertz CT molecular complexity index is 1470. The van der Waals surface area contributed by atoms with E-state index in [1.54, 1.807) is 6.07 Å². The third kappa shape index (κ3) is 10.6. The monoisotopic (exact) mass is 642 g/mol.